The highest BCUT2D eigenvalue weighted by Gasteiger charge is 2.33. The molecule has 0 spiro atoms. The quantitative estimate of drug-likeness (QED) is 0.525. The van der Waals surface area contributed by atoms with Crippen LogP contribution in [-0.4, -0.2) is 62.4 Å². The van der Waals surface area contributed by atoms with E-state index in [1.165, 1.54) is 23.1 Å². The van der Waals surface area contributed by atoms with E-state index in [1.807, 2.05) is 4.90 Å². The monoisotopic (exact) mass is 523 g/mol. The second kappa shape index (κ2) is 10.8. The van der Waals surface area contributed by atoms with Crippen LogP contribution < -0.4 is 9.46 Å². The fraction of sp³-hybridized carbons (Fsp3) is 0.409. The SMILES string of the molecule is CCCS(=O)(=O)Nc1ccc(C(=O)N2CCN(Cc3cccc(F)c3F)CC2)cc1OC(F)(F)F.[HH]. The Hall–Kier alpha value is -2.93. The lowest BCUT2D eigenvalue weighted by atomic mass is 10.1. The molecular weight excluding hydrogens is 497 g/mol. The smallest absolute Gasteiger partial charge is 0.404 e. The van der Waals surface area contributed by atoms with Crippen molar-refractivity contribution in [1.82, 2.24) is 9.80 Å². The first-order chi connectivity index (χ1) is 16.4. The van der Waals surface area contributed by atoms with Crippen molar-refractivity contribution in [2.24, 2.45) is 0 Å². The highest BCUT2D eigenvalue weighted by molar-refractivity contribution is 7.92. The molecule has 0 aromatic heterocycles. The molecule has 13 heteroatoms. The maximum absolute atomic E-state index is 13.9. The number of anilines is 1. The normalized spacial score (nSPS) is 15.2. The Kier molecular flexibility index (Phi) is 8.21. The minimum absolute atomic E-state index is 0. The first-order valence-corrected chi connectivity index (χ1v) is 12.4. The van der Waals surface area contributed by atoms with Crippen LogP contribution in [0.2, 0.25) is 0 Å². The van der Waals surface area contributed by atoms with E-state index in [0.29, 0.717) is 13.1 Å². The molecule has 1 aliphatic rings. The van der Waals surface area contributed by atoms with E-state index >= 15 is 0 Å². The minimum atomic E-state index is -5.11. The summed E-state index contributed by atoms with van der Waals surface area (Å²) in [5.74, 6) is -3.60. The van der Waals surface area contributed by atoms with Crippen molar-refractivity contribution >= 4 is 21.6 Å². The van der Waals surface area contributed by atoms with Gasteiger partial charge in [0.05, 0.1) is 11.4 Å². The number of alkyl halides is 3. The van der Waals surface area contributed by atoms with Crippen LogP contribution in [0, 0.1) is 11.6 Å². The zero-order chi connectivity index (χ0) is 25.8. The molecule has 0 saturated carbocycles. The molecule has 0 aliphatic carbocycles. The molecule has 0 unspecified atom stereocenters. The van der Waals surface area contributed by atoms with Crippen molar-refractivity contribution < 1.29 is 41.3 Å². The molecule has 1 aliphatic heterocycles. The molecule has 1 amide bonds. The lowest BCUT2D eigenvalue weighted by molar-refractivity contribution is -0.274. The number of piperazine rings is 1. The molecule has 3 rings (SSSR count). The van der Waals surface area contributed by atoms with E-state index in [2.05, 4.69) is 9.46 Å². The van der Waals surface area contributed by atoms with Gasteiger partial charge in [0.15, 0.2) is 17.4 Å². The third kappa shape index (κ3) is 7.28. The molecule has 2 aromatic rings. The summed E-state index contributed by atoms with van der Waals surface area (Å²) in [5, 5.41) is 0. The molecular formula is C22H26F5N3O4S. The summed E-state index contributed by atoms with van der Waals surface area (Å²) in [4.78, 5) is 16.1. The lowest BCUT2D eigenvalue weighted by Gasteiger charge is -2.35. The van der Waals surface area contributed by atoms with Crippen molar-refractivity contribution in [3.8, 4) is 5.75 Å². The Bertz CT molecular complexity index is 1170. The highest BCUT2D eigenvalue weighted by atomic mass is 32.2. The van der Waals surface area contributed by atoms with E-state index in [1.54, 1.807) is 6.92 Å². The molecule has 0 radical (unpaired) electrons. The Morgan fingerprint density at radius 2 is 1.80 bits per heavy atom. The average Bonchev–Trinajstić information content (AvgIpc) is 2.77. The molecule has 1 heterocycles. The average molecular weight is 524 g/mol. The van der Waals surface area contributed by atoms with Gasteiger partial charge in [-0.15, -0.1) is 13.2 Å². The Labute approximate surface area is 201 Å². The minimum Gasteiger partial charge on any atom is -0.404 e. The Morgan fingerprint density at radius 1 is 1.11 bits per heavy atom. The van der Waals surface area contributed by atoms with Crippen LogP contribution in [0.3, 0.4) is 0 Å². The summed E-state index contributed by atoms with van der Waals surface area (Å²) in [6.07, 6.45) is -4.86. The number of amides is 1. The van der Waals surface area contributed by atoms with Crippen LogP contribution in [0.1, 0.15) is 30.7 Å². The van der Waals surface area contributed by atoms with Crippen molar-refractivity contribution in [1.29, 1.82) is 0 Å². The molecule has 0 bridgehead atoms. The predicted octanol–water partition coefficient (Wildman–Crippen LogP) is 4.22. The number of carbonyl (C=O) groups excluding carboxylic acids is 1. The van der Waals surface area contributed by atoms with Gasteiger partial charge in [0.25, 0.3) is 5.91 Å². The van der Waals surface area contributed by atoms with Crippen LogP contribution in [0.15, 0.2) is 36.4 Å². The van der Waals surface area contributed by atoms with Gasteiger partial charge in [-0.25, -0.2) is 17.2 Å². The van der Waals surface area contributed by atoms with Gasteiger partial charge in [-0.05, 0) is 30.7 Å². The summed E-state index contributed by atoms with van der Waals surface area (Å²) in [7, 11) is -3.90. The van der Waals surface area contributed by atoms with Gasteiger partial charge < -0.3 is 9.64 Å². The number of sulfonamides is 1. The fourth-order valence-electron chi connectivity index (χ4n) is 3.64. The number of carbonyl (C=O) groups is 1. The summed E-state index contributed by atoms with van der Waals surface area (Å²) in [5.41, 5.74) is -0.374. The van der Waals surface area contributed by atoms with E-state index in [4.69, 9.17) is 0 Å². The van der Waals surface area contributed by atoms with E-state index < -0.39 is 45.4 Å². The van der Waals surface area contributed by atoms with Gasteiger partial charge in [0.1, 0.15) is 0 Å². The third-order valence-electron chi connectivity index (χ3n) is 5.28. The van der Waals surface area contributed by atoms with Crippen LogP contribution >= 0.6 is 0 Å². The van der Waals surface area contributed by atoms with Crippen molar-refractivity contribution in [2.45, 2.75) is 26.3 Å². The van der Waals surface area contributed by atoms with Crippen LogP contribution in [0.25, 0.3) is 0 Å². The highest BCUT2D eigenvalue weighted by Crippen LogP contribution is 2.32. The Morgan fingerprint density at radius 3 is 2.43 bits per heavy atom. The van der Waals surface area contributed by atoms with Crippen LogP contribution in [0.5, 0.6) is 5.75 Å². The number of benzene rings is 2. The van der Waals surface area contributed by atoms with Crippen LogP contribution in [0.4, 0.5) is 27.6 Å². The summed E-state index contributed by atoms with van der Waals surface area (Å²) in [6, 6.07) is 6.99. The number of hydrogen-bond acceptors (Lipinski definition) is 5. The zero-order valence-electron chi connectivity index (χ0n) is 18.7. The largest absolute Gasteiger partial charge is 0.573 e. The molecule has 35 heavy (non-hydrogen) atoms. The fourth-order valence-corrected chi connectivity index (χ4v) is 4.78. The molecule has 7 nitrogen and oxygen atoms in total. The van der Waals surface area contributed by atoms with Crippen LogP contribution in [-0.2, 0) is 16.6 Å². The number of ether oxygens (including phenoxy) is 1. The first kappa shape index (κ1) is 26.7. The van der Waals surface area contributed by atoms with Crippen molar-refractivity contribution in [2.75, 3.05) is 36.7 Å². The standard InChI is InChI=1S/C22H24F5N3O4S.H2/c1-2-12-35(32,33)28-18-7-6-15(13-19(18)34-22(25,26)27)21(31)30-10-8-29(9-11-30)14-16-4-3-5-17(23)20(16)24;/h3-7,13,28H,2,8-12,14H2,1H3;1H. The third-order valence-corrected chi connectivity index (χ3v) is 6.75. The van der Waals surface area contributed by atoms with Gasteiger partial charge in [0, 0.05) is 45.3 Å². The van der Waals surface area contributed by atoms with E-state index in [0.717, 1.165) is 18.2 Å². The number of rotatable bonds is 8. The van der Waals surface area contributed by atoms with Gasteiger partial charge in [-0.3, -0.25) is 14.4 Å². The first-order valence-electron chi connectivity index (χ1n) is 10.7. The maximum Gasteiger partial charge on any atom is 0.573 e. The molecule has 2 aromatic carbocycles. The van der Waals surface area contributed by atoms with Crippen molar-refractivity contribution in [3.63, 3.8) is 0 Å². The second-order valence-corrected chi connectivity index (χ2v) is 9.80. The van der Waals surface area contributed by atoms with Gasteiger partial charge in [0.2, 0.25) is 10.0 Å². The maximum atomic E-state index is 13.9. The van der Waals surface area contributed by atoms with Crippen molar-refractivity contribution in [3.05, 3.63) is 59.2 Å². The summed E-state index contributed by atoms with van der Waals surface area (Å²) >= 11 is 0. The number of nitrogens with one attached hydrogen (secondary N) is 1. The van der Waals surface area contributed by atoms with E-state index in [9.17, 15) is 35.2 Å². The number of nitrogens with zero attached hydrogens (tertiary/aromatic N) is 2. The second-order valence-electron chi connectivity index (χ2n) is 7.96. The van der Waals surface area contributed by atoms with Gasteiger partial charge in [-0.2, -0.15) is 0 Å². The Balaban J connectivity index is 0.00000456. The summed E-state index contributed by atoms with van der Waals surface area (Å²) < 4.78 is 96.1. The summed E-state index contributed by atoms with van der Waals surface area (Å²) in [6.45, 7) is 2.82. The van der Waals surface area contributed by atoms with E-state index in [-0.39, 0.29) is 44.4 Å². The zero-order valence-corrected chi connectivity index (χ0v) is 19.6. The number of halogens is 5. The van der Waals surface area contributed by atoms with Gasteiger partial charge in [-0.1, -0.05) is 19.1 Å². The molecule has 194 valence electrons. The molecule has 1 saturated heterocycles. The number of hydrogen-bond donors (Lipinski definition) is 1. The molecule has 1 fully saturated rings. The lowest BCUT2D eigenvalue weighted by Crippen LogP contribution is -2.48. The topological polar surface area (TPSA) is 79.0 Å². The van der Waals surface area contributed by atoms with Gasteiger partial charge >= 0.3 is 6.36 Å². The molecule has 0 atom stereocenters. The predicted molar refractivity (Wildman–Crippen MR) is 120 cm³/mol. The molecule has 1 N–H and O–H groups in total.